The molecule has 0 aliphatic heterocycles. The topological polar surface area (TPSA) is 96.2 Å². The van der Waals surface area contributed by atoms with Crippen molar-refractivity contribution >= 4 is 22.8 Å². The number of aromatic amines is 1. The van der Waals surface area contributed by atoms with Crippen molar-refractivity contribution in [1.82, 2.24) is 15.3 Å². The van der Waals surface area contributed by atoms with Gasteiger partial charge in [0, 0.05) is 42.2 Å². The summed E-state index contributed by atoms with van der Waals surface area (Å²) >= 11 is 0. The van der Waals surface area contributed by atoms with Crippen LogP contribution in [0, 0.1) is 0 Å². The maximum Gasteiger partial charge on any atom is 0.341 e. The van der Waals surface area contributed by atoms with Gasteiger partial charge in [-0.15, -0.1) is 0 Å². The number of allylic oxidation sites excluding steroid dienone is 2. The lowest BCUT2D eigenvalue weighted by Gasteiger charge is -2.10. The fourth-order valence-corrected chi connectivity index (χ4v) is 3.12. The molecule has 2 aromatic heterocycles. The number of hydrogen-bond donors (Lipinski definition) is 3. The Kier molecular flexibility index (Phi) is 6.22. The van der Waals surface area contributed by atoms with Gasteiger partial charge in [-0.3, -0.25) is 0 Å². The van der Waals surface area contributed by atoms with Gasteiger partial charge in [0.15, 0.2) is 0 Å². The van der Waals surface area contributed by atoms with E-state index in [1.54, 1.807) is 6.20 Å². The number of nitrogens with zero attached hydrogens (tertiary/aromatic N) is 2. The molecule has 2 heterocycles. The summed E-state index contributed by atoms with van der Waals surface area (Å²) < 4.78 is 0. The van der Waals surface area contributed by atoms with Gasteiger partial charge < -0.3 is 16.0 Å². The molecule has 0 spiro atoms. The predicted molar refractivity (Wildman–Crippen MR) is 113 cm³/mol. The molecule has 0 saturated heterocycles. The van der Waals surface area contributed by atoms with E-state index in [0.29, 0.717) is 24.4 Å². The maximum atomic E-state index is 12.2. The van der Waals surface area contributed by atoms with Crippen molar-refractivity contribution in [2.45, 2.75) is 26.7 Å². The molecule has 6 heteroatoms. The van der Waals surface area contributed by atoms with Crippen molar-refractivity contribution in [2.24, 2.45) is 10.7 Å². The van der Waals surface area contributed by atoms with Crippen molar-refractivity contribution in [3.05, 3.63) is 77.3 Å². The molecule has 3 rings (SSSR count). The first-order valence-corrected chi connectivity index (χ1v) is 9.28. The van der Waals surface area contributed by atoms with E-state index in [4.69, 9.17) is 5.73 Å². The summed E-state index contributed by atoms with van der Waals surface area (Å²) in [6, 6.07) is 13.6. The van der Waals surface area contributed by atoms with E-state index in [2.05, 4.69) is 20.3 Å². The summed E-state index contributed by atoms with van der Waals surface area (Å²) in [4.78, 5) is 23.9. The zero-order chi connectivity index (χ0) is 19.9. The van der Waals surface area contributed by atoms with Crippen LogP contribution in [-0.4, -0.2) is 28.3 Å². The largest absolute Gasteiger partial charge is 0.402 e. The fourth-order valence-electron chi connectivity index (χ4n) is 3.12. The lowest BCUT2D eigenvalue weighted by Crippen LogP contribution is -2.24. The third-order valence-electron chi connectivity index (χ3n) is 4.62. The molecule has 1 aromatic carbocycles. The molecule has 4 N–H and O–H groups in total. The van der Waals surface area contributed by atoms with Gasteiger partial charge in [-0.25, -0.2) is 9.78 Å². The number of carbonyl (C=O) groups is 1. The van der Waals surface area contributed by atoms with Crippen LogP contribution >= 0.6 is 0 Å². The Morgan fingerprint density at radius 1 is 1.18 bits per heavy atom. The maximum absolute atomic E-state index is 12.2. The Morgan fingerprint density at radius 2 is 1.96 bits per heavy atom. The van der Waals surface area contributed by atoms with Crippen LogP contribution in [0.3, 0.4) is 0 Å². The molecule has 0 aliphatic carbocycles. The average molecular weight is 375 g/mol. The number of amides is 2. The number of urea groups is 1. The van der Waals surface area contributed by atoms with E-state index >= 15 is 0 Å². The minimum Gasteiger partial charge on any atom is -0.402 e. The second kappa shape index (κ2) is 8.99. The molecule has 0 aliphatic rings. The van der Waals surface area contributed by atoms with E-state index in [1.807, 2.05) is 62.5 Å². The van der Waals surface area contributed by atoms with Crippen molar-refractivity contribution in [1.29, 1.82) is 0 Å². The third-order valence-corrected chi connectivity index (χ3v) is 4.62. The van der Waals surface area contributed by atoms with Gasteiger partial charge in [-0.1, -0.05) is 30.3 Å². The molecule has 0 bridgehead atoms. The zero-order valence-corrected chi connectivity index (χ0v) is 16.2. The molecule has 6 nitrogen and oxygen atoms in total. The minimum atomic E-state index is -0.354. The quantitative estimate of drug-likeness (QED) is 0.573. The summed E-state index contributed by atoms with van der Waals surface area (Å²) in [6.45, 7) is 4.18. The molecule has 0 atom stereocenters. The van der Waals surface area contributed by atoms with Crippen LogP contribution < -0.4 is 11.1 Å². The average Bonchev–Trinajstić information content (AvgIpc) is 3.09. The molecular formula is C22H25N5O. The normalized spacial score (nSPS) is 12.7. The molecule has 0 fully saturated rings. The lowest BCUT2D eigenvalue weighted by atomic mass is 10.00. The number of nitrogens with two attached hydrogens (primary N) is 1. The molecule has 144 valence electrons. The number of H-pyrrole nitrogens is 1. The van der Waals surface area contributed by atoms with Crippen LogP contribution in [0.15, 0.2) is 71.1 Å². The van der Waals surface area contributed by atoms with Gasteiger partial charge in [-0.05, 0) is 49.1 Å². The van der Waals surface area contributed by atoms with Crippen molar-refractivity contribution < 1.29 is 4.79 Å². The van der Waals surface area contributed by atoms with Gasteiger partial charge >= 0.3 is 6.03 Å². The summed E-state index contributed by atoms with van der Waals surface area (Å²) in [5.41, 5.74) is 11.3. The Bertz CT molecular complexity index is 1010. The summed E-state index contributed by atoms with van der Waals surface area (Å²) in [6.07, 6.45) is 5.02. The number of hydrogen-bond acceptors (Lipinski definition) is 3. The molecule has 0 radical (unpaired) electrons. The number of benzene rings is 1. The highest BCUT2D eigenvalue weighted by atomic mass is 16.2. The van der Waals surface area contributed by atoms with Crippen LogP contribution in [0.2, 0.25) is 0 Å². The van der Waals surface area contributed by atoms with E-state index in [1.165, 1.54) is 5.56 Å². The third kappa shape index (κ3) is 4.85. The van der Waals surface area contributed by atoms with Crippen LogP contribution in [-0.2, 0) is 12.8 Å². The van der Waals surface area contributed by atoms with Gasteiger partial charge in [0.2, 0.25) is 0 Å². The van der Waals surface area contributed by atoms with E-state index in [0.717, 1.165) is 28.6 Å². The molecule has 0 unspecified atom stereocenters. The summed E-state index contributed by atoms with van der Waals surface area (Å²) in [7, 11) is 0. The molecule has 0 saturated carbocycles. The number of nitrogens with one attached hydrogen (secondary N) is 2. The molecule has 3 aromatic rings. The van der Waals surface area contributed by atoms with Crippen molar-refractivity contribution in [3.8, 4) is 0 Å². The zero-order valence-electron chi connectivity index (χ0n) is 16.2. The Hall–Kier alpha value is -3.41. The van der Waals surface area contributed by atoms with E-state index in [9.17, 15) is 4.79 Å². The molecular weight excluding hydrogens is 350 g/mol. The second-order valence-corrected chi connectivity index (χ2v) is 6.72. The van der Waals surface area contributed by atoms with Gasteiger partial charge in [-0.2, -0.15) is 4.99 Å². The highest BCUT2D eigenvalue weighted by molar-refractivity contribution is 6.05. The number of carbonyl (C=O) groups excluding carboxylic acids is 1. The second-order valence-electron chi connectivity index (χ2n) is 6.72. The van der Waals surface area contributed by atoms with E-state index < -0.39 is 0 Å². The fraction of sp³-hybridized carbons (Fsp3) is 0.227. The predicted octanol–water partition coefficient (Wildman–Crippen LogP) is 3.75. The van der Waals surface area contributed by atoms with E-state index in [-0.39, 0.29) is 6.03 Å². The van der Waals surface area contributed by atoms with Gasteiger partial charge in [0.1, 0.15) is 5.65 Å². The number of aromatic nitrogens is 2. The van der Waals surface area contributed by atoms with Crippen molar-refractivity contribution in [2.75, 3.05) is 6.54 Å². The number of pyridine rings is 1. The highest BCUT2D eigenvalue weighted by Crippen LogP contribution is 2.20. The molecule has 28 heavy (non-hydrogen) atoms. The Morgan fingerprint density at radius 3 is 2.71 bits per heavy atom. The first-order chi connectivity index (χ1) is 13.5. The number of fused-ring (bicyclic) bond motifs is 1. The Labute approximate surface area is 164 Å². The first-order valence-electron chi connectivity index (χ1n) is 9.28. The van der Waals surface area contributed by atoms with Crippen molar-refractivity contribution in [3.63, 3.8) is 0 Å². The van der Waals surface area contributed by atoms with Crippen LogP contribution in [0.1, 0.15) is 25.0 Å². The SMILES string of the molecule is C/C(N)=C(Cc1c[nH]c2ncccc12)/C(C)=N/C(=O)NCCc1ccccc1. The van der Waals surface area contributed by atoms with Crippen LogP contribution in [0.25, 0.3) is 11.0 Å². The molecule has 2 amide bonds. The monoisotopic (exact) mass is 375 g/mol. The first kappa shape index (κ1) is 19.4. The standard InChI is InChI=1S/C22H25N5O/c1-15(23)20(13-18-14-26-21-19(18)9-6-11-24-21)16(2)27-22(28)25-12-10-17-7-4-3-5-8-17/h3-9,11,14H,10,12-13,23H2,1-2H3,(H,24,26)(H,25,28)/b20-15-,27-16+. The Balaban J connectivity index is 1.66. The number of rotatable bonds is 6. The van der Waals surface area contributed by atoms with Crippen LogP contribution in [0.5, 0.6) is 0 Å². The number of aliphatic imine (C=N–C) groups is 1. The minimum absolute atomic E-state index is 0.354. The highest BCUT2D eigenvalue weighted by Gasteiger charge is 2.12. The van der Waals surface area contributed by atoms with Crippen LogP contribution in [0.4, 0.5) is 4.79 Å². The van der Waals surface area contributed by atoms with Gasteiger partial charge in [0.05, 0.1) is 0 Å². The van der Waals surface area contributed by atoms with Gasteiger partial charge in [0.25, 0.3) is 0 Å². The summed E-state index contributed by atoms with van der Waals surface area (Å²) in [5, 5.41) is 3.88. The summed E-state index contributed by atoms with van der Waals surface area (Å²) in [5.74, 6) is 0. The lowest BCUT2D eigenvalue weighted by molar-refractivity contribution is 0.249. The smallest absolute Gasteiger partial charge is 0.341 e.